The molecular weight excluding hydrogens is 220 g/mol. The van der Waals surface area contributed by atoms with Gasteiger partial charge >= 0.3 is 0 Å². The highest BCUT2D eigenvalue weighted by Gasteiger charge is 2.01. The van der Waals surface area contributed by atoms with Crippen LogP contribution in [0.2, 0.25) is 0 Å². The standard InChI is InChI=1S/C16H20N2/c1-13(2)15-8-6-14(7-9-15)11-17-12-16-5-3-4-10-18-16/h3-10,13,17H,11-12H2,1-2H3/p+1. The molecule has 1 heterocycles. The van der Waals surface area contributed by atoms with Gasteiger partial charge in [-0.15, -0.1) is 0 Å². The smallest absolute Gasteiger partial charge is 0.119 e. The largest absolute Gasteiger partial charge is 0.337 e. The van der Waals surface area contributed by atoms with Gasteiger partial charge in [0.15, 0.2) is 0 Å². The maximum Gasteiger partial charge on any atom is 0.119 e. The Kier molecular flexibility index (Phi) is 4.48. The topological polar surface area (TPSA) is 29.5 Å². The van der Waals surface area contributed by atoms with Gasteiger partial charge in [-0.3, -0.25) is 4.98 Å². The summed E-state index contributed by atoms with van der Waals surface area (Å²) >= 11 is 0. The van der Waals surface area contributed by atoms with E-state index < -0.39 is 0 Å². The predicted octanol–water partition coefficient (Wildman–Crippen LogP) is 2.47. The predicted molar refractivity (Wildman–Crippen MR) is 74.1 cm³/mol. The lowest BCUT2D eigenvalue weighted by molar-refractivity contribution is -0.686. The van der Waals surface area contributed by atoms with Crippen LogP contribution in [-0.4, -0.2) is 4.98 Å². The molecule has 18 heavy (non-hydrogen) atoms. The first-order valence-electron chi connectivity index (χ1n) is 6.56. The number of pyridine rings is 1. The Morgan fingerprint density at radius 2 is 1.78 bits per heavy atom. The van der Waals surface area contributed by atoms with E-state index in [2.05, 4.69) is 54.5 Å². The Balaban J connectivity index is 1.83. The minimum atomic E-state index is 0.608. The van der Waals surface area contributed by atoms with Gasteiger partial charge < -0.3 is 5.32 Å². The van der Waals surface area contributed by atoms with Crippen LogP contribution in [0.5, 0.6) is 0 Å². The van der Waals surface area contributed by atoms with Crippen molar-refractivity contribution in [3.63, 3.8) is 0 Å². The molecule has 2 N–H and O–H groups in total. The van der Waals surface area contributed by atoms with Gasteiger partial charge in [0.2, 0.25) is 0 Å². The number of hydrogen-bond acceptors (Lipinski definition) is 1. The van der Waals surface area contributed by atoms with Crippen LogP contribution in [0, 0.1) is 0 Å². The monoisotopic (exact) mass is 241 g/mol. The summed E-state index contributed by atoms with van der Waals surface area (Å²) < 4.78 is 0. The van der Waals surface area contributed by atoms with Gasteiger partial charge in [0.25, 0.3) is 0 Å². The molecule has 0 unspecified atom stereocenters. The van der Waals surface area contributed by atoms with E-state index in [9.17, 15) is 0 Å². The number of aromatic nitrogens is 1. The van der Waals surface area contributed by atoms with E-state index in [4.69, 9.17) is 0 Å². The van der Waals surface area contributed by atoms with Crippen LogP contribution in [0.1, 0.15) is 36.6 Å². The highest BCUT2D eigenvalue weighted by Crippen LogP contribution is 2.14. The van der Waals surface area contributed by atoms with Crippen LogP contribution in [-0.2, 0) is 13.1 Å². The first-order valence-corrected chi connectivity index (χ1v) is 6.56. The maximum absolute atomic E-state index is 4.32. The van der Waals surface area contributed by atoms with Crippen molar-refractivity contribution in [1.82, 2.24) is 4.98 Å². The maximum atomic E-state index is 4.32. The molecule has 0 fully saturated rings. The van der Waals surface area contributed by atoms with E-state index >= 15 is 0 Å². The molecule has 0 atom stereocenters. The molecule has 0 aliphatic heterocycles. The zero-order chi connectivity index (χ0) is 12.8. The summed E-state index contributed by atoms with van der Waals surface area (Å²) in [5.74, 6) is 0.608. The number of quaternary nitrogens is 1. The normalized spacial score (nSPS) is 10.8. The van der Waals surface area contributed by atoms with Crippen molar-refractivity contribution in [2.45, 2.75) is 32.9 Å². The third-order valence-corrected chi connectivity index (χ3v) is 3.11. The summed E-state index contributed by atoms with van der Waals surface area (Å²) in [4.78, 5) is 4.32. The number of hydrogen-bond donors (Lipinski definition) is 1. The first-order chi connectivity index (χ1) is 8.75. The molecule has 1 aromatic heterocycles. The molecule has 94 valence electrons. The molecule has 0 saturated carbocycles. The minimum absolute atomic E-state index is 0.608. The summed E-state index contributed by atoms with van der Waals surface area (Å²) in [6.45, 7) is 6.39. The SMILES string of the molecule is CC(C)c1ccc(C[NH2+]Cc2ccccn2)cc1. The third-order valence-electron chi connectivity index (χ3n) is 3.11. The fourth-order valence-corrected chi connectivity index (χ4v) is 1.94. The summed E-state index contributed by atoms with van der Waals surface area (Å²) in [7, 11) is 0. The molecule has 0 amide bonds. The number of nitrogens with zero attached hydrogens (tertiary/aromatic N) is 1. The van der Waals surface area contributed by atoms with Crippen molar-refractivity contribution >= 4 is 0 Å². The molecule has 0 aliphatic rings. The summed E-state index contributed by atoms with van der Waals surface area (Å²) in [6.07, 6.45) is 1.85. The van der Waals surface area contributed by atoms with Crippen LogP contribution in [0.15, 0.2) is 48.7 Å². The molecule has 0 spiro atoms. The Hall–Kier alpha value is -1.67. The van der Waals surface area contributed by atoms with E-state index in [1.165, 1.54) is 11.1 Å². The Labute approximate surface area is 109 Å². The van der Waals surface area contributed by atoms with E-state index in [-0.39, 0.29) is 0 Å². The van der Waals surface area contributed by atoms with Gasteiger partial charge in [0.1, 0.15) is 13.1 Å². The van der Waals surface area contributed by atoms with Gasteiger partial charge in [-0.25, -0.2) is 0 Å². The zero-order valence-corrected chi connectivity index (χ0v) is 11.1. The average molecular weight is 241 g/mol. The van der Waals surface area contributed by atoms with Gasteiger partial charge in [0.05, 0.1) is 5.69 Å². The van der Waals surface area contributed by atoms with E-state index in [1.807, 2.05) is 18.3 Å². The van der Waals surface area contributed by atoms with Crippen LogP contribution in [0.25, 0.3) is 0 Å². The molecule has 2 aromatic rings. The first kappa shape index (κ1) is 12.8. The van der Waals surface area contributed by atoms with Crippen molar-refractivity contribution in [3.8, 4) is 0 Å². The van der Waals surface area contributed by atoms with Crippen molar-refractivity contribution in [1.29, 1.82) is 0 Å². The van der Waals surface area contributed by atoms with Crippen molar-refractivity contribution in [3.05, 3.63) is 65.5 Å². The van der Waals surface area contributed by atoms with Gasteiger partial charge in [0, 0.05) is 11.8 Å². The van der Waals surface area contributed by atoms with Crippen molar-refractivity contribution < 1.29 is 5.32 Å². The second-order valence-corrected chi connectivity index (χ2v) is 4.91. The molecule has 1 aromatic carbocycles. The number of rotatable bonds is 5. The Bertz CT molecular complexity index is 460. The second-order valence-electron chi connectivity index (χ2n) is 4.91. The Morgan fingerprint density at radius 1 is 1.00 bits per heavy atom. The highest BCUT2D eigenvalue weighted by molar-refractivity contribution is 5.23. The fourth-order valence-electron chi connectivity index (χ4n) is 1.94. The molecule has 0 bridgehead atoms. The van der Waals surface area contributed by atoms with E-state index in [0.29, 0.717) is 5.92 Å². The zero-order valence-electron chi connectivity index (χ0n) is 11.1. The fraction of sp³-hybridized carbons (Fsp3) is 0.312. The molecule has 2 rings (SSSR count). The summed E-state index contributed by atoms with van der Waals surface area (Å²) in [5.41, 5.74) is 3.91. The average Bonchev–Trinajstić information content (AvgIpc) is 2.40. The lowest BCUT2D eigenvalue weighted by atomic mass is 10.0. The number of benzene rings is 1. The van der Waals surface area contributed by atoms with E-state index in [1.54, 1.807) is 0 Å². The van der Waals surface area contributed by atoms with Crippen molar-refractivity contribution in [2.24, 2.45) is 0 Å². The van der Waals surface area contributed by atoms with Gasteiger partial charge in [-0.05, 0) is 23.6 Å². The lowest BCUT2D eigenvalue weighted by Crippen LogP contribution is -2.80. The van der Waals surface area contributed by atoms with Crippen LogP contribution < -0.4 is 5.32 Å². The van der Waals surface area contributed by atoms with E-state index in [0.717, 1.165) is 18.8 Å². The molecular formula is C16H21N2+. The molecule has 0 saturated heterocycles. The molecule has 0 radical (unpaired) electrons. The number of nitrogens with two attached hydrogens (primary N) is 1. The quantitative estimate of drug-likeness (QED) is 0.856. The van der Waals surface area contributed by atoms with Gasteiger partial charge in [-0.1, -0.05) is 44.2 Å². The summed E-state index contributed by atoms with van der Waals surface area (Å²) in [5, 5.41) is 2.28. The van der Waals surface area contributed by atoms with Crippen LogP contribution >= 0.6 is 0 Å². The lowest BCUT2D eigenvalue weighted by Gasteiger charge is -2.06. The van der Waals surface area contributed by atoms with Crippen LogP contribution in [0.3, 0.4) is 0 Å². The second kappa shape index (κ2) is 6.31. The van der Waals surface area contributed by atoms with Crippen molar-refractivity contribution in [2.75, 3.05) is 0 Å². The molecule has 2 nitrogen and oxygen atoms in total. The van der Waals surface area contributed by atoms with Crippen LogP contribution in [0.4, 0.5) is 0 Å². The third kappa shape index (κ3) is 3.67. The highest BCUT2D eigenvalue weighted by atomic mass is 14.9. The minimum Gasteiger partial charge on any atom is -0.337 e. The summed E-state index contributed by atoms with van der Waals surface area (Å²) in [6, 6.07) is 15.0. The molecule has 2 heteroatoms. The van der Waals surface area contributed by atoms with Gasteiger partial charge in [-0.2, -0.15) is 0 Å². The molecule has 0 aliphatic carbocycles. The Morgan fingerprint density at radius 3 is 2.39 bits per heavy atom.